The van der Waals surface area contributed by atoms with Gasteiger partial charge in [-0.3, -0.25) is 0 Å². The zero-order valence-corrected chi connectivity index (χ0v) is 13.3. The summed E-state index contributed by atoms with van der Waals surface area (Å²) >= 11 is 0. The van der Waals surface area contributed by atoms with Crippen molar-refractivity contribution in [2.24, 2.45) is 0 Å². The molecule has 2 aromatic rings. The molecule has 1 fully saturated rings. The smallest absolute Gasteiger partial charge is 0.0840 e. The summed E-state index contributed by atoms with van der Waals surface area (Å²) in [7, 11) is 1.96. The summed E-state index contributed by atoms with van der Waals surface area (Å²) in [5.41, 5.74) is 3.06. The van der Waals surface area contributed by atoms with Gasteiger partial charge in [0.25, 0.3) is 0 Å². The molecule has 2 aromatic carbocycles. The Morgan fingerprint density at radius 3 is 2.36 bits per heavy atom. The number of benzene rings is 2. The van der Waals surface area contributed by atoms with Crippen LogP contribution in [0, 0.1) is 0 Å². The fourth-order valence-corrected chi connectivity index (χ4v) is 3.65. The van der Waals surface area contributed by atoms with Crippen molar-refractivity contribution >= 4 is 0 Å². The molecule has 3 rings (SSSR count). The average molecular weight is 295 g/mol. The molecule has 0 spiro atoms. The van der Waals surface area contributed by atoms with Gasteiger partial charge in [-0.25, -0.2) is 0 Å². The molecule has 1 aliphatic rings. The van der Waals surface area contributed by atoms with Gasteiger partial charge in [0, 0.05) is 12.5 Å². The van der Waals surface area contributed by atoms with Gasteiger partial charge in [0.15, 0.2) is 0 Å². The van der Waals surface area contributed by atoms with E-state index in [9.17, 15) is 5.11 Å². The first kappa shape index (κ1) is 15.3. The van der Waals surface area contributed by atoms with Gasteiger partial charge in [-0.05, 0) is 36.6 Å². The largest absolute Gasteiger partial charge is 0.388 e. The molecule has 116 valence electrons. The van der Waals surface area contributed by atoms with Crippen LogP contribution in [0.15, 0.2) is 54.6 Å². The Morgan fingerprint density at radius 2 is 1.68 bits per heavy atom. The van der Waals surface area contributed by atoms with E-state index in [0.717, 1.165) is 25.7 Å². The van der Waals surface area contributed by atoms with Crippen LogP contribution in [-0.4, -0.2) is 23.8 Å². The Hall–Kier alpha value is -1.64. The molecule has 0 radical (unpaired) electrons. The van der Waals surface area contributed by atoms with Crippen molar-refractivity contribution in [3.8, 4) is 11.1 Å². The Kier molecular flexibility index (Phi) is 4.60. The second kappa shape index (κ2) is 6.64. The highest BCUT2D eigenvalue weighted by Gasteiger charge is 2.37. The van der Waals surface area contributed by atoms with Crippen LogP contribution in [-0.2, 0) is 6.42 Å². The minimum atomic E-state index is -0.610. The van der Waals surface area contributed by atoms with E-state index in [2.05, 4.69) is 53.8 Å². The van der Waals surface area contributed by atoms with Crippen LogP contribution in [0.1, 0.15) is 31.2 Å². The minimum absolute atomic E-state index is 0.204. The quantitative estimate of drug-likeness (QED) is 0.899. The Labute approximate surface area is 133 Å². The van der Waals surface area contributed by atoms with E-state index >= 15 is 0 Å². The van der Waals surface area contributed by atoms with Crippen LogP contribution >= 0.6 is 0 Å². The number of rotatable bonds is 4. The summed E-state index contributed by atoms with van der Waals surface area (Å²) < 4.78 is 0. The van der Waals surface area contributed by atoms with Gasteiger partial charge in [0.1, 0.15) is 0 Å². The summed E-state index contributed by atoms with van der Waals surface area (Å²) in [5.74, 6) is 0. The molecular weight excluding hydrogens is 270 g/mol. The molecule has 22 heavy (non-hydrogen) atoms. The summed E-state index contributed by atoms with van der Waals surface area (Å²) in [6, 6.07) is 19.2. The lowest BCUT2D eigenvalue weighted by atomic mass is 9.76. The van der Waals surface area contributed by atoms with Gasteiger partial charge in [-0.2, -0.15) is 0 Å². The van der Waals surface area contributed by atoms with Gasteiger partial charge < -0.3 is 10.4 Å². The molecule has 1 saturated carbocycles. The fourth-order valence-electron chi connectivity index (χ4n) is 3.65. The van der Waals surface area contributed by atoms with E-state index in [1.807, 2.05) is 13.1 Å². The van der Waals surface area contributed by atoms with Crippen molar-refractivity contribution in [1.29, 1.82) is 0 Å². The zero-order valence-electron chi connectivity index (χ0n) is 13.3. The standard InChI is InChI=1S/C20H25NO/c1-21-19-9-5-6-14-20(19,22)15-16-10-12-18(13-11-16)17-7-3-2-4-8-17/h2-4,7-8,10-13,19,21-22H,5-6,9,14-15H2,1H3. The van der Waals surface area contributed by atoms with E-state index in [-0.39, 0.29) is 6.04 Å². The van der Waals surface area contributed by atoms with E-state index in [4.69, 9.17) is 0 Å². The molecule has 2 unspecified atom stereocenters. The second-order valence-corrected chi connectivity index (χ2v) is 6.43. The summed E-state index contributed by atoms with van der Waals surface area (Å²) in [6.07, 6.45) is 5.01. The van der Waals surface area contributed by atoms with E-state index in [1.54, 1.807) is 0 Å². The van der Waals surface area contributed by atoms with Crippen molar-refractivity contribution in [3.05, 3.63) is 60.2 Å². The van der Waals surface area contributed by atoms with E-state index < -0.39 is 5.60 Å². The first-order chi connectivity index (χ1) is 10.7. The van der Waals surface area contributed by atoms with Gasteiger partial charge in [0.05, 0.1) is 5.60 Å². The number of hydrogen-bond donors (Lipinski definition) is 2. The average Bonchev–Trinajstić information content (AvgIpc) is 2.56. The number of aliphatic hydroxyl groups is 1. The van der Waals surface area contributed by atoms with Gasteiger partial charge in [0.2, 0.25) is 0 Å². The first-order valence-corrected chi connectivity index (χ1v) is 8.25. The molecule has 0 aliphatic heterocycles. The molecule has 0 saturated heterocycles. The normalized spacial score (nSPS) is 25.1. The van der Waals surface area contributed by atoms with E-state index in [0.29, 0.717) is 0 Å². The van der Waals surface area contributed by atoms with Crippen molar-refractivity contribution in [1.82, 2.24) is 5.32 Å². The molecule has 0 amide bonds. The number of hydrogen-bond acceptors (Lipinski definition) is 2. The number of likely N-dealkylation sites (N-methyl/N-ethyl adjacent to an activating group) is 1. The molecule has 2 atom stereocenters. The van der Waals surface area contributed by atoms with Crippen LogP contribution in [0.4, 0.5) is 0 Å². The third-order valence-corrected chi connectivity index (χ3v) is 4.92. The maximum absolute atomic E-state index is 11.0. The molecule has 0 heterocycles. The predicted octanol–water partition coefficient (Wildman–Crippen LogP) is 3.79. The lowest BCUT2D eigenvalue weighted by molar-refractivity contribution is -0.0240. The maximum atomic E-state index is 11.0. The van der Waals surface area contributed by atoms with Crippen LogP contribution in [0.5, 0.6) is 0 Å². The first-order valence-electron chi connectivity index (χ1n) is 8.25. The highest BCUT2D eigenvalue weighted by atomic mass is 16.3. The van der Waals surface area contributed by atoms with E-state index in [1.165, 1.54) is 23.1 Å². The van der Waals surface area contributed by atoms with Crippen LogP contribution in [0.25, 0.3) is 11.1 Å². The molecular formula is C20H25NO. The molecule has 1 aliphatic carbocycles. The monoisotopic (exact) mass is 295 g/mol. The predicted molar refractivity (Wildman–Crippen MR) is 91.8 cm³/mol. The third-order valence-electron chi connectivity index (χ3n) is 4.92. The molecule has 2 N–H and O–H groups in total. The van der Waals surface area contributed by atoms with Crippen molar-refractivity contribution in [2.45, 2.75) is 43.7 Å². The topological polar surface area (TPSA) is 32.3 Å². The SMILES string of the molecule is CNC1CCCCC1(O)Cc1ccc(-c2ccccc2)cc1. The lowest BCUT2D eigenvalue weighted by Crippen LogP contribution is -2.53. The number of nitrogens with one attached hydrogen (secondary N) is 1. The highest BCUT2D eigenvalue weighted by Crippen LogP contribution is 2.32. The van der Waals surface area contributed by atoms with Crippen LogP contribution in [0.3, 0.4) is 0 Å². The molecule has 0 bridgehead atoms. The lowest BCUT2D eigenvalue weighted by Gasteiger charge is -2.40. The maximum Gasteiger partial charge on any atom is 0.0840 e. The Bertz CT molecular complexity index is 593. The summed E-state index contributed by atoms with van der Waals surface area (Å²) in [5, 5.41) is 14.3. The zero-order chi connectivity index (χ0) is 15.4. The summed E-state index contributed by atoms with van der Waals surface area (Å²) in [6.45, 7) is 0. The molecule has 2 nitrogen and oxygen atoms in total. The van der Waals surface area contributed by atoms with Crippen molar-refractivity contribution < 1.29 is 5.11 Å². The third kappa shape index (κ3) is 3.23. The van der Waals surface area contributed by atoms with Crippen LogP contribution in [0.2, 0.25) is 0 Å². The molecule has 2 heteroatoms. The van der Waals surface area contributed by atoms with Gasteiger partial charge in [-0.15, -0.1) is 0 Å². The molecule has 0 aromatic heterocycles. The highest BCUT2D eigenvalue weighted by molar-refractivity contribution is 5.63. The Morgan fingerprint density at radius 1 is 1.00 bits per heavy atom. The van der Waals surface area contributed by atoms with Crippen LogP contribution < -0.4 is 5.32 Å². The van der Waals surface area contributed by atoms with Crippen molar-refractivity contribution in [2.75, 3.05) is 7.05 Å². The van der Waals surface area contributed by atoms with Crippen molar-refractivity contribution in [3.63, 3.8) is 0 Å². The Balaban J connectivity index is 1.76. The van der Waals surface area contributed by atoms with Gasteiger partial charge >= 0.3 is 0 Å². The van der Waals surface area contributed by atoms with Gasteiger partial charge in [-0.1, -0.05) is 67.4 Å². The second-order valence-electron chi connectivity index (χ2n) is 6.43. The summed E-state index contributed by atoms with van der Waals surface area (Å²) in [4.78, 5) is 0. The minimum Gasteiger partial charge on any atom is -0.388 e. The fraction of sp³-hybridized carbons (Fsp3) is 0.400.